The van der Waals surface area contributed by atoms with Gasteiger partial charge in [-0.05, 0) is 61.8 Å². The van der Waals surface area contributed by atoms with Crippen molar-refractivity contribution >= 4 is 0 Å². The molecule has 2 atom stereocenters. The van der Waals surface area contributed by atoms with Gasteiger partial charge in [-0.3, -0.25) is 0 Å². The molecule has 0 heterocycles. The van der Waals surface area contributed by atoms with Gasteiger partial charge in [0.15, 0.2) is 0 Å². The summed E-state index contributed by atoms with van der Waals surface area (Å²) in [7, 11) is 0. The third-order valence-electron chi connectivity index (χ3n) is 4.37. The van der Waals surface area contributed by atoms with Crippen LogP contribution >= 0.6 is 0 Å². The fraction of sp³-hybridized carbons (Fsp3) is 0.625. The minimum atomic E-state index is 0.297. The van der Waals surface area contributed by atoms with Crippen molar-refractivity contribution in [3.05, 3.63) is 34.9 Å². The second kappa shape index (κ2) is 5.85. The Bertz CT molecular complexity index is 396. The molecule has 0 aliphatic heterocycles. The number of hydrogen-bond donors (Lipinski definition) is 2. The van der Waals surface area contributed by atoms with E-state index in [1.807, 2.05) is 0 Å². The highest BCUT2D eigenvalue weighted by atomic mass is 14.9. The van der Waals surface area contributed by atoms with Crippen molar-refractivity contribution in [1.29, 1.82) is 0 Å². The van der Waals surface area contributed by atoms with Gasteiger partial charge in [0.1, 0.15) is 0 Å². The molecule has 2 nitrogen and oxygen atoms in total. The topological polar surface area (TPSA) is 38.0 Å². The molecule has 1 aliphatic carbocycles. The van der Waals surface area contributed by atoms with E-state index >= 15 is 0 Å². The zero-order valence-electron chi connectivity index (χ0n) is 11.9. The van der Waals surface area contributed by atoms with Gasteiger partial charge < -0.3 is 11.1 Å². The van der Waals surface area contributed by atoms with E-state index in [9.17, 15) is 0 Å². The van der Waals surface area contributed by atoms with E-state index in [-0.39, 0.29) is 0 Å². The standard InChI is InChI=1S/C16H26N2/c1-11-5-4-6-15(13(11)3)16(9-17)18-10-12(2)14-7-8-14/h4-6,12,14,16,18H,7-10,17H2,1-3H3. The molecule has 0 spiro atoms. The van der Waals surface area contributed by atoms with Crippen molar-refractivity contribution in [2.45, 2.75) is 39.7 Å². The first-order valence-corrected chi connectivity index (χ1v) is 7.13. The van der Waals surface area contributed by atoms with Crippen LogP contribution in [0.4, 0.5) is 0 Å². The smallest absolute Gasteiger partial charge is 0.0447 e. The van der Waals surface area contributed by atoms with Gasteiger partial charge in [0, 0.05) is 12.6 Å². The van der Waals surface area contributed by atoms with E-state index in [1.54, 1.807) is 0 Å². The van der Waals surface area contributed by atoms with E-state index in [0.717, 1.165) is 18.4 Å². The van der Waals surface area contributed by atoms with E-state index < -0.39 is 0 Å². The second-order valence-electron chi connectivity index (χ2n) is 5.80. The summed E-state index contributed by atoms with van der Waals surface area (Å²) in [5, 5.41) is 3.65. The molecule has 1 fully saturated rings. The Hall–Kier alpha value is -0.860. The van der Waals surface area contributed by atoms with Gasteiger partial charge >= 0.3 is 0 Å². The van der Waals surface area contributed by atoms with E-state index in [0.29, 0.717) is 12.6 Å². The molecule has 0 bridgehead atoms. The molecule has 1 aliphatic rings. The van der Waals surface area contributed by atoms with E-state index in [2.05, 4.69) is 44.3 Å². The molecular formula is C16H26N2. The van der Waals surface area contributed by atoms with Crippen LogP contribution in [0.25, 0.3) is 0 Å². The fourth-order valence-corrected chi connectivity index (χ4v) is 2.63. The first-order chi connectivity index (χ1) is 8.63. The summed E-state index contributed by atoms with van der Waals surface area (Å²) >= 11 is 0. The minimum Gasteiger partial charge on any atom is -0.329 e. The van der Waals surface area contributed by atoms with Gasteiger partial charge in [0.05, 0.1) is 0 Å². The van der Waals surface area contributed by atoms with Gasteiger partial charge in [0.2, 0.25) is 0 Å². The minimum absolute atomic E-state index is 0.297. The SMILES string of the molecule is Cc1cccc(C(CN)NCC(C)C2CC2)c1C. The van der Waals surface area contributed by atoms with Crippen molar-refractivity contribution in [1.82, 2.24) is 5.32 Å². The molecule has 1 saturated carbocycles. The Morgan fingerprint density at radius 3 is 2.67 bits per heavy atom. The van der Waals surface area contributed by atoms with Crippen molar-refractivity contribution < 1.29 is 0 Å². The van der Waals surface area contributed by atoms with Crippen molar-refractivity contribution in [3.8, 4) is 0 Å². The molecule has 1 aromatic carbocycles. The van der Waals surface area contributed by atoms with Crippen LogP contribution in [0.15, 0.2) is 18.2 Å². The fourth-order valence-electron chi connectivity index (χ4n) is 2.63. The summed E-state index contributed by atoms with van der Waals surface area (Å²) in [6.07, 6.45) is 2.83. The number of nitrogens with two attached hydrogens (primary N) is 1. The highest BCUT2D eigenvalue weighted by Gasteiger charge is 2.28. The van der Waals surface area contributed by atoms with Crippen LogP contribution in [0.3, 0.4) is 0 Å². The normalized spacial score (nSPS) is 18.7. The van der Waals surface area contributed by atoms with Crippen LogP contribution in [0.1, 0.15) is 42.5 Å². The van der Waals surface area contributed by atoms with Crippen LogP contribution < -0.4 is 11.1 Å². The summed E-state index contributed by atoms with van der Waals surface area (Å²) in [5.74, 6) is 1.73. The molecule has 3 N–H and O–H groups in total. The van der Waals surface area contributed by atoms with E-state index in [4.69, 9.17) is 5.73 Å². The van der Waals surface area contributed by atoms with Gasteiger partial charge in [0.25, 0.3) is 0 Å². The van der Waals surface area contributed by atoms with Gasteiger partial charge in [-0.2, -0.15) is 0 Å². The quantitative estimate of drug-likeness (QED) is 0.810. The Kier molecular flexibility index (Phi) is 4.41. The molecule has 0 aromatic heterocycles. The number of rotatable bonds is 6. The lowest BCUT2D eigenvalue weighted by molar-refractivity contribution is 0.422. The number of nitrogens with one attached hydrogen (secondary N) is 1. The molecule has 2 heteroatoms. The average Bonchev–Trinajstić information content (AvgIpc) is 3.18. The van der Waals surface area contributed by atoms with Crippen LogP contribution in [0.2, 0.25) is 0 Å². The molecule has 2 rings (SSSR count). The highest BCUT2D eigenvalue weighted by Crippen LogP contribution is 2.36. The lowest BCUT2D eigenvalue weighted by Crippen LogP contribution is -2.32. The summed E-state index contributed by atoms with van der Waals surface area (Å²) < 4.78 is 0. The predicted molar refractivity (Wildman–Crippen MR) is 77.6 cm³/mol. The van der Waals surface area contributed by atoms with Crippen molar-refractivity contribution in [2.24, 2.45) is 17.6 Å². The maximum Gasteiger partial charge on any atom is 0.0447 e. The first kappa shape index (κ1) is 13.6. The van der Waals surface area contributed by atoms with E-state index in [1.165, 1.54) is 29.5 Å². The third-order valence-corrected chi connectivity index (χ3v) is 4.37. The largest absolute Gasteiger partial charge is 0.329 e. The lowest BCUT2D eigenvalue weighted by Gasteiger charge is -2.22. The average molecular weight is 246 g/mol. The molecule has 0 amide bonds. The molecule has 0 radical (unpaired) electrons. The van der Waals surface area contributed by atoms with Crippen LogP contribution in [-0.4, -0.2) is 13.1 Å². The zero-order valence-corrected chi connectivity index (χ0v) is 11.9. The van der Waals surface area contributed by atoms with Crippen molar-refractivity contribution in [3.63, 3.8) is 0 Å². The first-order valence-electron chi connectivity index (χ1n) is 7.13. The molecule has 100 valence electrons. The Morgan fingerprint density at radius 1 is 1.33 bits per heavy atom. The Balaban J connectivity index is 2.00. The molecule has 18 heavy (non-hydrogen) atoms. The number of aryl methyl sites for hydroxylation is 1. The summed E-state index contributed by atoms with van der Waals surface area (Å²) in [6.45, 7) is 8.46. The highest BCUT2D eigenvalue weighted by molar-refractivity contribution is 5.35. The van der Waals surface area contributed by atoms with Gasteiger partial charge in [-0.1, -0.05) is 25.1 Å². The summed E-state index contributed by atoms with van der Waals surface area (Å²) in [4.78, 5) is 0. The number of benzene rings is 1. The Labute approximate surface area is 111 Å². The molecular weight excluding hydrogens is 220 g/mol. The van der Waals surface area contributed by atoms with Gasteiger partial charge in [-0.15, -0.1) is 0 Å². The summed E-state index contributed by atoms with van der Waals surface area (Å²) in [6, 6.07) is 6.80. The Morgan fingerprint density at radius 2 is 2.06 bits per heavy atom. The third kappa shape index (κ3) is 3.12. The van der Waals surface area contributed by atoms with Crippen LogP contribution in [-0.2, 0) is 0 Å². The molecule has 1 aromatic rings. The lowest BCUT2D eigenvalue weighted by atomic mass is 9.96. The summed E-state index contributed by atoms with van der Waals surface area (Å²) in [5.41, 5.74) is 10.0. The molecule has 2 unspecified atom stereocenters. The number of hydrogen-bond acceptors (Lipinski definition) is 2. The van der Waals surface area contributed by atoms with Crippen LogP contribution in [0, 0.1) is 25.7 Å². The molecule has 0 saturated heterocycles. The maximum absolute atomic E-state index is 5.94. The van der Waals surface area contributed by atoms with Crippen LogP contribution in [0.5, 0.6) is 0 Å². The second-order valence-corrected chi connectivity index (χ2v) is 5.80. The zero-order chi connectivity index (χ0) is 13.1. The maximum atomic E-state index is 5.94. The monoisotopic (exact) mass is 246 g/mol. The van der Waals surface area contributed by atoms with Gasteiger partial charge in [-0.25, -0.2) is 0 Å². The van der Waals surface area contributed by atoms with Crippen molar-refractivity contribution in [2.75, 3.05) is 13.1 Å². The predicted octanol–water partition coefficient (Wildman–Crippen LogP) is 2.94.